The summed E-state index contributed by atoms with van der Waals surface area (Å²) < 4.78 is 34.1. The molecule has 0 unspecified atom stereocenters. The van der Waals surface area contributed by atoms with Crippen molar-refractivity contribution in [3.8, 4) is 11.5 Å². The van der Waals surface area contributed by atoms with Crippen LogP contribution in [0, 0.1) is 0 Å². The molecule has 0 aliphatic rings. The van der Waals surface area contributed by atoms with E-state index in [1.54, 1.807) is 18.2 Å². The quantitative estimate of drug-likeness (QED) is 0.385. The van der Waals surface area contributed by atoms with Crippen LogP contribution in [-0.2, 0) is 4.79 Å². The second-order valence-corrected chi connectivity index (χ2v) is 5.60. The number of carbonyl (C=O) groups is 1. The average molecular weight is 404 g/mol. The zero-order chi connectivity index (χ0) is 16.8. The fourth-order valence-electron chi connectivity index (χ4n) is 1.63. The number of alkyl halides is 2. The molecule has 0 N–H and O–H groups in total. The van der Waals surface area contributed by atoms with Crippen LogP contribution in [0.4, 0.5) is 8.78 Å². The first-order valence-corrected chi connectivity index (χ1v) is 7.51. The lowest BCUT2D eigenvalue weighted by molar-refractivity contribution is -0.128. The predicted octanol–water partition coefficient (Wildman–Crippen LogP) is 5.32. The Hall–Kier alpha value is -1.92. The smallest absolute Gasteiger partial charge is 0.387 e. The predicted molar refractivity (Wildman–Crippen MR) is 86.9 cm³/mol. The van der Waals surface area contributed by atoms with Crippen LogP contribution in [0.15, 0.2) is 53.0 Å². The molecule has 0 aliphatic heterocycles. The van der Waals surface area contributed by atoms with Gasteiger partial charge in [0.2, 0.25) is 0 Å². The van der Waals surface area contributed by atoms with Crippen molar-refractivity contribution in [2.24, 2.45) is 0 Å². The van der Waals surface area contributed by atoms with E-state index in [4.69, 9.17) is 16.3 Å². The zero-order valence-electron chi connectivity index (χ0n) is 11.5. The first-order chi connectivity index (χ1) is 10.9. The number of carbonyl (C=O) groups excluding carboxylic acids is 1. The highest BCUT2D eigenvalue weighted by molar-refractivity contribution is 9.10. The van der Waals surface area contributed by atoms with Gasteiger partial charge >= 0.3 is 12.6 Å². The van der Waals surface area contributed by atoms with Gasteiger partial charge < -0.3 is 9.47 Å². The Labute approximate surface area is 144 Å². The minimum Gasteiger partial charge on any atom is -0.435 e. The molecule has 2 aromatic rings. The van der Waals surface area contributed by atoms with Crippen molar-refractivity contribution in [3.05, 3.63) is 63.6 Å². The molecule has 2 aromatic carbocycles. The molecule has 7 heteroatoms. The van der Waals surface area contributed by atoms with Crippen molar-refractivity contribution in [1.82, 2.24) is 0 Å². The van der Waals surface area contributed by atoms with Crippen molar-refractivity contribution in [2.45, 2.75) is 6.61 Å². The number of hydrogen-bond donors (Lipinski definition) is 0. The minimum atomic E-state index is -2.87. The van der Waals surface area contributed by atoms with E-state index >= 15 is 0 Å². The highest BCUT2D eigenvalue weighted by atomic mass is 79.9. The van der Waals surface area contributed by atoms with E-state index in [2.05, 4.69) is 20.7 Å². The second kappa shape index (κ2) is 8.08. The summed E-state index contributed by atoms with van der Waals surface area (Å²) in [6.45, 7) is -2.87. The number of ether oxygens (including phenoxy) is 2. The summed E-state index contributed by atoms with van der Waals surface area (Å²) in [6.07, 6.45) is 2.70. The van der Waals surface area contributed by atoms with Gasteiger partial charge in [-0.3, -0.25) is 0 Å². The van der Waals surface area contributed by atoms with Gasteiger partial charge in [0.1, 0.15) is 11.5 Å². The van der Waals surface area contributed by atoms with Gasteiger partial charge in [0, 0.05) is 10.5 Å². The molecule has 0 saturated carbocycles. The summed E-state index contributed by atoms with van der Waals surface area (Å²) in [4.78, 5) is 11.7. The number of rotatable bonds is 5. The molecule has 0 heterocycles. The fourth-order valence-corrected chi connectivity index (χ4v) is 2.34. The molecule has 3 nitrogen and oxygen atoms in total. The fraction of sp³-hybridized carbons (Fsp3) is 0.0625. The summed E-state index contributed by atoms with van der Waals surface area (Å²) in [7, 11) is 0. The molecule has 120 valence electrons. The summed E-state index contributed by atoms with van der Waals surface area (Å²) in [5.41, 5.74) is 0.630. The Morgan fingerprint density at radius 3 is 2.48 bits per heavy atom. The maximum absolute atomic E-state index is 12.0. The average Bonchev–Trinajstić information content (AvgIpc) is 2.49. The van der Waals surface area contributed by atoms with Crippen molar-refractivity contribution in [2.75, 3.05) is 0 Å². The van der Waals surface area contributed by atoms with Gasteiger partial charge in [-0.05, 0) is 42.0 Å². The van der Waals surface area contributed by atoms with Gasteiger partial charge in [0.25, 0.3) is 0 Å². The molecule has 0 radical (unpaired) electrons. The van der Waals surface area contributed by atoms with Crippen molar-refractivity contribution < 1.29 is 23.0 Å². The van der Waals surface area contributed by atoms with E-state index in [0.29, 0.717) is 10.6 Å². The number of hydrogen-bond acceptors (Lipinski definition) is 3. The van der Waals surface area contributed by atoms with Gasteiger partial charge in [0.05, 0.1) is 5.02 Å². The Kier molecular flexibility index (Phi) is 6.12. The van der Waals surface area contributed by atoms with Gasteiger partial charge in [-0.25, -0.2) is 4.79 Å². The van der Waals surface area contributed by atoms with Crippen LogP contribution in [0.1, 0.15) is 5.56 Å². The van der Waals surface area contributed by atoms with E-state index in [1.165, 1.54) is 36.4 Å². The number of halogens is 4. The van der Waals surface area contributed by atoms with Crippen LogP contribution >= 0.6 is 27.5 Å². The van der Waals surface area contributed by atoms with E-state index in [1.807, 2.05) is 0 Å². The Morgan fingerprint density at radius 1 is 1.17 bits per heavy atom. The molecule has 0 fully saturated rings. The van der Waals surface area contributed by atoms with E-state index in [0.717, 1.165) is 4.47 Å². The summed E-state index contributed by atoms with van der Waals surface area (Å²) >= 11 is 9.19. The molecule has 0 atom stereocenters. The van der Waals surface area contributed by atoms with Crippen molar-refractivity contribution in [1.29, 1.82) is 0 Å². The topological polar surface area (TPSA) is 35.5 Å². The molecule has 0 aliphatic carbocycles. The van der Waals surface area contributed by atoms with E-state index in [-0.39, 0.29) is 11.5 Å². The molecule has 0 amide bonds. The van der Waals surface area contributed by atoms with Crippen LogP contribution in [0.5, 0.6) is 11.5 Å². The lowest BCUT2D eigenvalue weighted by atomic mass is 10.2. The van der Waals surface area contributed by atoms with Crippen LogP contribution in [0.25, 0.3) is 6.08 Å². The van der Waals surface area contributed by atoms with E-state index in [9.17, 15) is 13.6 Å². The molecule has 0 bridgehead atoms. The van der Waals surface area contributed by atoms with Gasteiger partial charge in [-0.15, -0.1) is 0 Å². The van der Waals surface area contributed by atoms with Gasteiger partial charge in [-0.2, -0.15) is 8.78 Å². The third kappa shape index (κ3) is 5.65. The zero-order valence-corrected chi connectivity index (χ0v) is 13.9. The Morgan fingerprint density at radius 2 is 1.87 bits per heavy atom. The van der Waals surface area contributed by atoms with Crippen molar-refractivity contribution in [3.63, 3.8) is 0 Å². The standard InChI is InChI=1S/C16H10BrClF2O3/c17-11-4-7-14(13(18)9-11)23-15(21)8-3-10-1-5-12(6-2-10)22-16(19)20/h1-9,16H/b8-3+. The third-order valence-electron chi connectivity index (χ3n) is 2.62. The Bertz CT molecular complexity index is 718. The van der Waals surface area contributed by atoms with Crippen molar-refractivity contribution >= 4 is 39.6 Å². The van der Waals surface area contributed by atoms with E-state index < -0.39 is 12.6 Å². The second-order valence-electron chi connectivity index (χ2n) is 4.28. The lowest BCUT2D eigenvalue weighted by Crippen LogP contribution is -2.04. The molecule has 0 aromatic heterocycles. The molecular weight excluding hydrogens is 394 g/mol. The van der Waals surface area contributed by atoms with Gasteiger partial charge in [0.15, 0.2) is 0 Å². The van der Waals surface area contributed by atoms with Crippen LogP contribution in [0.3, 0.4) is 0 Å². The van der Waals surface area contributed by atoms with Crippen LogP contribution < -0.4 is 9.47 Å². The minimum absolute atomic E-state index is 0.0429. The third-order valence-corrected chi connectivity index (χ3v) is 3.41. The number of benzene rings is 2. The molecule has 2 rings (SSSR count). The summed E-state index contributed by atoms with van der Waals surface area (Å²) in [6, 6.07) is 10.7. The van der Waals surface area contributed by atoms with Gasteiger partial charge in [-0.1, -0.05) is 39.7 Å². The molecule has 23 heavy (non-hydrogen) atoms. The summed E-state index contributed by atoms with van der Waals surface area (Å²) in [5.74, 6) is -0.325. The highest BCUT2D eigenvalue weighted by Crippen LogP contribution is 2.27. The molecule has 0 spiro atoms. The maximum atomic E-state index is 12.0. The number of esters is 1. The van der Waals surface area contributed by atoms with Crippen LogP contribution in [0.2, 0.25) is 5.02 Å². The SMILES string of the molecule is O=C(/C=C/c1ccc(OC(F)F)cc1)Oc1ccc(Br)cc1Cl. The molecular formula is C16H10BrClF2O3. The molecule has 0 saturated heterocycles. The van der Waals surface area contributed by atoms with Crippen LogP contribution in [-0.4, -0.2) is 12.6 Å². The highest BCUT2D eigenvalue weighted by Gasteiger charge is 2.06. The first-order valence-electron chi connectivity index (χ1n) is 6.34. The summed E-state index contributed by atoms with van der Waals surface area (Å²) in [5, 5.41) is 0.301. The first kappa shape index (κ1) is 17.4. The monoisotopic (exact) mass is 402 g/mol. The largest absolute Gasteiger partial charge is 0.435 e. The lowest BCUT2D eigenvalue weighted by Gasteiger charge is -2.04. The Balaban J connectivity index is 1.97. The normalized spacial score (nSPS) is 11.0. The maximum Gasteiger partial charge on any atom is 0.387 e.